The molecule has 2 atom stereocenters. The van der Waals surface area contributed by atoms with E-state index >= 15 is 0 Å². The number of amides is 2. The highest BCUT2D eigenvalue weighted by atomic mass is 16.3. The largest absolute Gasteiger partial charge is 0.393 e. The Morgan fingerprint density at radius 3 is 2.38 bits per heavy atom. The number of imide groups is 1. The number of hydrogen-bond donors (Lipinski definition) is 1. The molecule has 4 heteroatoms. The molecule has 2 aliphatic rings. The summed E-state index contributed by atoms with van der Waals surface area (Å²) in [5, 5.41) is 9.69. The second-order valence-electron chi connectivity index (χ2n) is 5.17. The van der Waals surface area contributed by atoms with Gasteiger partial charge in [-0.3, -0.25) is 14.5 Å². The van der Waals surface area contributed by atoms with E-state index in [1.807, 2.05) is 6.92 Å². The smallest absolute Gasteiger partial charge is 0.229 e. The maximum Gasteiger partial charge on any atom is 0.229 e. The van der Waals surface area contributed by atoms with Gasteiger partial charge in [-0.05, 0) is 18.8 Å². The van der Waals surface area contributed by atoms with Crippen LogP contribution in [0, 0.1) is 11.8 Å². The average Bonchev–Trinajstić information content (AvgIpc) is 2.57. The Balaban J connectivity index is 1.98. The number of rotatable bonds is 2. The van der Waals surface area contributed by atoms with Crippen LogP contribution < -0.4 is 0 Å². The number of piperidine rings is 1. The van der Waals surface area contributed by atoms with Gasteiger partial charge in [0.2, 0.25) is 11.8 Å². The minimum absolute atomic E-state index is 0.0668. The van der Waals surface area contributed by atoms with E-state index in [1.54, 1.807) is 0 Å². The highest BCUT2D eigenvalue weighted by Crippen LogP contribution is 2.28. The molecule has 1 aliphatic heterocycles. The Labute approximate surface area is 95.6 Å². The first-order valence-electron chi connectivity index (χ1n) is 6.09. The first-order valence-corrected chi connectivity index (χ1v) is 6.09. The maximum absolute atomic E-state index is 11.7. The summed E-state index contributed by atoms with van der Waals surface area (Å²) in [6, 6.07) is 0. The number of aliphatic hydroxyl groups is 1. The van der Waals surface area contributed by atoms with Gasteiger partial charge in [0.25, 0.3) is 0 Å². The molecule has 2 fully saturated rings. The van der Waals surface area contributed by atoms with Crippen molar-refractivity contribution in [1.82, 2.24) is 4.90 Å². The van der Waals surface area contributed by atoms with Crippen molar-refractivity contribution in [3.05, 3.63) is 0 Å². The number of likely N-dealkylation sites (tertiary alicyclic amines) is 1. The molecular formula is C12H19NO3. The van der Waals surface area contributed by atoms with Crippen molar-refractivity contribution in [3.8, 4) is 0 Å². The summed E-state index contributed by atoms with van der Waals surface area (Å²) in [5.74, 6) is 0.136. The molecule has 0 aromatic carbocycles. The van der Waals surface area contributed by atoms with Crippen molar-refractivity contribution < 1.29 is 14.7 Å². The molecule has 0 aromatic rings. The van der Waals surface area contributed by atoms with Crippen molar-refractivity contribution in [3.63, 3.8) is 0 Å². The Hall–Kier alpha value is -0.900. The van der Waals surface area contributed by atoms with E-state index in [2.05, 4.69) is 0 Å². The fraction of sp³-hybridized carbons (Fsp3) is 0.833. The van der Waals surface area contributed by atoms with Crippen LogP contribution in [-0.4, -0.2) is 34.5 Å². The Bertz CT molecular complexity index is 285. The van der Waals surface area contributed by atoms with E-state index in [4.69, 9.17) is 0 Å². The Morgan fingerprint density at radius 1 is 1.25 bits per heavy atom. The monoisotopic (exact) mass is 225 g/mol. The van der Waals surface area contributed by atoms with Crippen LogP contribution >= 0.6 is 0 Å². The second kappa shape index (κ2) is 4.53. The number of nitrogens with zero attached hydrogens (tertiary/aromatic N) is 1. The van der Waals surface area contributed by atoms with Crippen molar-refractivity contribution in [1.29, 1.82) is 0 Å². The summed E-state index contributed by atoms with van der Waals surface area (Å²) in [4.78, 5) is 24.8. The molecule has 1 aliphatic carbocycles. The van der Waals surface area contributed by atoms with Crippen molar-refractivity contribution >= 4 is 11.8 Å². The van der Waals surface area contributed by atoms with Gasteiger partial charge in [0.15, 0.2) is 0 Å². The van der Waals surface area contributed by atoms with Crippen LogP contribution in [0.3, 0.4) is 0 Å². The zero-order valence-electron chi connectivity index (χ0n) is 9.69. The number of aliphatic hydroxyl groups excluding tert-OH is 1. The topological polar surface area (TPSA) is 57.6 Å². The fourth-order valence-corrected chi connectivity index (χ4v) is 2.70. The Morgan fingerprint density at radius 2 is 1.88 bits per heavy atom. The molecule has 2 unspecified atom stereocenters. The van der Waals surface area contributed by atoms with E-state index < -0.39 is 0 Å². The van der Waals surface area contributed by atoms with Gasteiger partial charge in [-0.2, -0.15) is 0 Å². The van der Waals surface area contributed by atoms with Gasteiger partial charge >= 0.3 is 0 Å². The standard InChI is InChI=1S/C12H19NO3/c1-8-5-11(15)13(12(16)6-8)7-9-3-2-4-10(9)14/h8-10,14H,2-7H2,1H3. The maximum atomic E-state index is 11.7. The molecule has 2 amide bonds. The molecule has 16 heavy (non-hydrogen) atoms. The van der Waals surface area contributed by atoms with Crippen molar-refractivity contribution in [2.75, 3.05) is 6.54 Å². The number of carbonyl (C=O) groups excluding carboxylic acids is 2. The zero-order chi connectivity index (χ0) is 11.7. The van der Waals surface area contributed by atoms with Crippen LogP contribution in [0.2, 0.25) is 0 Å². The lowest BCUT2D eigenvalue weighted by atomic mass is 9.96. The normalized spacial score (nSPS) is 32.5. The van der Waals surface area contributed by atoms with Crippen molar-refractivity contribution in [2.24, 2.45) is 11.8 Å². The number of hydrogen-bond acceptors (Lipinski definition) is 3. The highest BCUT2D eigenvalue weighted by molar-refractivity contribution is 5.97. The zero-order valence-corrected chi connectivity index (χ0v) is 9.69. The van der Waals surface area contributed by atoms with E-state index in [9.17, 15) is 14.7 Å². The first-order chi connectivity index (χ1) is 7.58. The average molecular weight is 225 g/mol. The molecule has 0 bridgehead atoms. The molecule has 1 saturated carbocycles. The quantitative estimate of drug-likeness (QED) is 0.711. The van der Waals surface area contributed by atoms with Gasteiger partial charge in [-0.15, -0.1) is 0 Å². The molecule has 0 radical (unpaired) electrons. The van der Waals surface area contributed by atoms with Crippen LogP contribution in [0.5, 0.6) is 0 Å². The van der Waals surface area contributed by atoms with Crippen molar-refractivity contribution in [2.45, 2.75) is 45.1 Å². The van der Waals surface area contributed by atoms with Gasteiger partial charge in [0.1, 0.15) is 0 Å². The van der Waals surface area contributed by atoms with Gasteiger partial charge in [-0.25, -0.2) is 0 Å². The second-order valence-corrected chi connectivity index (χ2v) is 5.17. The molecule has 0 spiro atoms. The summed E-state index contributed by atoms with van der Waals surface area (Å²) in [6.07, 6.45) is 3.33. The predicted molar refractivity (Wildman–Crippen MR) is 58.5 cm³/mol. The summed E-state index contributed by atoms with van der Waals surface area (Å²) in [5.41, 5.74) is 0. The molecule has 2 rings (SSSR count). The lowest BCUT2D eigenvalue weighted by Gasteiger charge is -2.31. The SMILES string of the molecule is CC1CC(=O)N(CC2CCCC2O)C(=O)C1. The highest BCUT2D eigenvalue weighted by Gasteiger charge is 2.35. The molecular weight excluding hydrogens is 206 g/mol. The molecule has 1 N–H and O–H groups in total. The third-order valence-electron chi connectivity index (χ3n) is 3.68. The molecule has 4 nitrogen and oxygen atoms in total. The van der Waals surface area contributed by atoms with Crippen LogP contribution in [0.4, 0.5) is 0 Å². The van der Waals surface area contributed by atoms with Crippen LogP contribution in [0.25, 0.3) is 0 Å². The van der Waals surface area contributed by atoms with Gasteiger partial charge in [0, 0.05) is 25.3 Å². The lowest BCUT2D eigenvalue weighted by Crippen LogP contribution is -2.46. The van der Waals surface area contributed by atoms with E-state index in [0.717, 1.165) is 19.3 Å². The van der Waals surface area contributed by atoms with E-state index in [0.29, 0.717) is 19.4 Å². The van der Waals surface area contributed by atoms with Gasteiger partial charge in [-0.1, -0.05) is 13.3 Å². The fourth-order valence-electron chi connectivity index (χ4n) is 2.70. The summed E-state index contributed by atoms with van der Waals surface area (Å²) in [7, 11) is 0. The third-order valence-corrected chi connectivity index (χ3v) is 3.68. The molecule has 1 saturated heterocycles. The lowest BCUT2D eigenvalue weighted by molar-refractivity contribution is -0.150. The van der Waals surface area contributed by atoms with Gasteiger partial charge < -0.3 is 5.11 Å². The van der Waals surface area contributed by atoms with Gasteiger partial charge in [0.05, 0.1) is 6.10 Å². The third kappa shape index (κ3) is 2.26. The summed E-state index contributed by atoms with van der Waals surface area (Å²) in [6.45, 7) is 2.35. The summed E-state index contributed by atoms with van der Waals surface area (Å²) < 4.78 is 0. The molecule has 1 heterocycles. The number of carbonyl (C=O) groups is 2. The summed E-state index contributed by atoms with van der Waals surface area (Å²) >= 11 is 0. The minimum atomic E-state index is -0.333. The Kier molecular flexibility index (Phi) is 3.28. The molecule has 0 aromatic heterocycles. The van der Waals surface area contributed by atoms with E-state index in [-0.39, 0.29) is 29.8 Å². The van der Waals surface area contributed by atoms with Crippen LogP contribution in [0.15, 0.2) is 0 Å². The van der Waals surface area contributed by atoms with E-state index in [1.165, 1.54) is 4.90 Å². The first kappa shape index (κ1) is 11.6. The van der Waals surface area contributed by atoms with Crippen LogP contribution in [0.1, 0.15) is 39.0 Å². The van der Waals surface area contributed by atoms with Crippen LogP contribution in [-0.2, 0) is 9.59 Å². The predicted octanol–water partition coefficient (Wildman–Crippen LogP) is 0.933. The molecule has 90 valence electrons. The minimum Gasteiger partial charge on any atom is -0.393 e.